The van der Waals surface area contributed by atoms with Gasteiger partial charge in [-0.25, -0.2) is 14.6 Å². The molecule has 30 heavy (non-hydrogen) atoms. The van der Waals surface area contributed by atoms with Crippen LogP contribution in [0.5, 0.6) is 0 Å². The molecule has 0 spiro atoms. The number of carbonyl (C=O) groups excluding carboxylic acids is 3. The lowest BCUT2D eigenvalue weighted by atomic mass is 9.97. The molecule has 1 aliphatic rings. The van der Waals surface area contributed by atoms with Gasteiger partial charge in [0.1, 0.15) is 0 Å². The Kier molecular flexibility index (Phi) is 6.88. The summed E-state index contributed by atoms with van der Waals surface area (Å²) >= 11 is 1.08. The van der Waals surface area contributed by atoms with Crippen LogP contribution in [0.1, 0.15) is 44.8 Å². The van der Waals surface area contributed by atoms with Crippen molar-refractivity contribution in [1.82, 2.24) is 9.97 Å². The predicted octanol–water partition coefficient (Wildman–Crippen LogP) is 1.95. The van der Waals surface area contributed by atoms with Gasteiger partial charge in [-0.1, -0.05) is 11.8 Å². The summed E-state index contributed by atoms with van der Waals surface area (Å²) < 4.78 is 9.39. The van der Waals surface area contributed by atoms with Gasteiger partial charge in [-0.05, 0) is 43.9 Å². The van der Waals surface area contributed by atoms with E-state index < -0.39 is 17.8 Å². The van der Waals surface area contributed by atoms with E-state index in [1.165, 1.54) is 32.4 Å². The van der Waals surface area contributed by atoms with Gasteiger partial charge in [0.25, 0.3) is 5.56 Å². The highest BCUT2D eigenvalue weighted by molar-refractivity contribution is 7.99. The highest BCUT2D eigenvalue weighted by Gasteiger charge is 2.19. The molecular formula is C20H21N3O6S. The molecule has 0 aliphatic heterocycles. The standard InChI is InChI=1S/C20H21N3O6S/c1-28-18(26)11-7-8-13(19(27)29-2)15(9-11)21-16(24)10-30-20-22-14-6-4-3-5-12(14)17(25)23-20/h7-9H,3-6,10H2,1-2H3,(H,21,24)(H,22,23,25). The smallest absolute Gasteiger partial charge is 0.339 e. The fraction of sp³-hybridized carbons (Fsp3) is 0.350. The van der Waals surface area contributed by atoms with E-state index in [1.807, 2.05) is 0 Å². The minimum atomic E-state index is -0.657. The first-order valence-corrected chi connectivity index (χ1v) is 10.3. The second-order valence-electron chi connectivity index (χ2n) is 6.58. The van der Waals surface area contributed by atoms with Gasteiger partial charge >= 0.3 is 11.9 Å². The number of benzene rings is 1. The zero-order chi connectivity index (χ0) is 21.7. The van der Waals surface area contributed by atoms with E-state index >= 15 is 0 Å². The van der Waals surface area contributed by atoms with Gasteiger partial charge < -0.3 is 19.8 Å². The number of ether oxygens (including phenoxy) is 2. The summed E-state index contributed by atoms with van der Waals surface area (Å²) in [5, 5.41) is 2.97. The minimum absolute atomic E-state index is 0.0508. The number of aromatic nitrogens is 2. The summed E-state index contributed by atoms with van der Waals surface area (Å²) in [6, 6.07) is 4.13. The van der Waals surface area contributed by atoms with Crippen LogP contribution < -0.4 is 10.9 Å². The van der Waals surface area contributed by atoms with Crippen LogP contribution in [0.4, 0.5) is 5.69 Å². The molecule has 3 rings (SSSR count). The molecular weight excluding hydrogens is 410 g/mol. The van der Waals surface area contributed by atoms with Gasteiger partial charge in [0.15, 0.2) is 5.16 Å². The average Bonchev–Trinajstić information content (AvgIpc) is 2.76. The molecule has 0 atom stereocenters. The quantitative estimate of drug-likeness (QED) is 0.404. The van der Waals surface area contributed by atoms with Crippen LogP contribution >= 0.6 is 11.8 Å². The number of fused-ring (bicyclic) bond motifs is 1. The zero-order valence-corrected chi connectivity index (χ0v) is 17.4. The van der Waals surface area contributed by atoms with Crippen molar-refractivity contribution in [2.45, 2.75) is 30.8 Å². The van der Waals surface area contributed by atoms with Crippen LogP contribution in [-0.4, -0.2) is 47.8 Å². The molecule has 0 saturated heterocycles. The maximum atomic E-state index is 12.5. The Morgan fingerprint density at radius 2 is 1.87 bits per heavy atom. The molecule has 10 heteroatoms. The second-order valence-corrected chi connectivity index (χ2v) is 7.55. The van der Waals surface area contributed by atoms with Crippen molar-refractivity contribution >= 4 is 35.3 Å². The first-order chi connectivity index (χ1) is 14.4. The number of hydrogen-bond acceptors (Lipinski definition) is 8. The summed E-state index contributed by atoms with van der Waals surface area (Å²) in [4.78, 5) is 55.6. The number of nitrogens with one attached hydrogen (secondary N) is 2. The van der Waals surface area contributed by atoms with Crippen molar-refractivity contribution in [2.75, 3.05) is 25.3 Å². The number of rotatable bonds is 6. The van der Waals surface area contributed by atoms with E-state index in [-0.39, 0.29) is 28.1 Å². The fourth-order valence-electron chi connectivity index (χ4n) is 3.15. The van der Waals surface area contributed by atoms with Gasteiger partial charge in [0.2, 0.25) is 5.91 Å². The topological polar surface area (TPSA) is 127 Å². The number of aromatic amines is 1. The number of thioether (sulfide) groups is 1. The molecule has 1 aromatic carbocycles. The fourth-order valence-corrected chi connectivity index (χ4v) is 3.83. The van der Waals surface area contributed by atoms with Crippen LogP contribution in [-0.2, 0) is 27.1 Å². The van der Waals surface area contributed by atoms with Crippen molar-refractivity contribution in [3.8, 4) is 0 Å². The number of carbonyl (C=O) groups is 3. The van der Waals surface area contributed by atoms with E-state index in [9.17, 15) is 19.2 Å². The Balaban J connectivity index is 1.74. The highest BCUT2D eigenvalue weighted by atomic mass is 32.2. The van der Waals surface area contributed by atoms with E-state index in [2.05, 4.69) is 20.0 Å². The Hall–Kier alpha value is -3.14. The third kappa shape index (κ3) is 4.88. The largest absolute Gasteiger partial charge is 0.465 e. The molecule has 2 N–H and O–H groups in total. The molecule has 1 heterocycles. The third-order valence-corrected chi connectivity index (χ3v) is 5.50. The van der Waals surface area contributed by atoms with E-state index in [0.717, 1.165) is 48.7 Å². The van der Waals surface area contributed by atoms with E-state index in [0.29, 0.717) is 5.16 Å². The van der Waals surface area contributed by atoms with E-state index in [4.69, 9.17) is 4.74 Å². The number of hydrogen-bond donors (Lipinski definition) is 2. The molecule has 2 aromatic rings. The summed E-state index contributed by atoms with van der Waals surface area (Å²) in [5.41, 5.74) is 1.74. The molecule has 0 saturated carbocycles. The zero-order valence-electron chi connectivity index (χ0n) is 16.6. The average molecular weight is 431 g/mol. The maximum absolute atomic E-state index is 12.5. The summed E-state index contributed by atoms with van der Waals surface area (Å²) in [7, 11) is 2.45. The normalized spacial score (nSPS) is 12.6. The van der Waals surface area contributed by atoms with E-state index in [1.54, 1.807) is 0 Å². The Morgan fingerprint density at radius 3 is 2.60 bits per heavy atom. The number of aryl methyl sites for hydroxylation is 1. The molecule has 0 bridgehead atoms. The second kappa shape index (κ2) is 9.57. The number of amides is 1. The Bertz CT molecular complexity index is 1050. The summed E-state index contributed by atoms with van der Waals surface area (Å²) in [6.45, 7) is 0. The Morgan fingerprint density at radius 1 is 1.13 bits per heavy atom. The van der Waals surface area contributed by atoms with Crippen molar-refractivity contribution in [1.29, 1.82) is 0 Å². The van der Waals surface area contributed by atoms with Gasteiger partial charge in [0.05, 0.1) is 42.5 Å². The van der Waals surface area contributed by atoms with Gasteiger partial charge in [-0.15, -0.1) is 0 Å². The van der Waals surface area contributed by atoms with Crippen LogP contribution in [0.25, 0.3) is 0 Å². The van der Waals surface area contributed by atoms with Gasteiger partial charge in [0, 0.05) is 5.56 Å². The van der Waals surface area contributed by atoms with Gasteiger partial charge in [-0.2, -0.15) is 0 Å². The molecule has 0 fully saturated rings. The van der Waals surface area contributed by atoms with Gasteiger partial charge in [-0.3, -0.25) is 9.59 Å². The maximum Gasteiger partial charge on any atom is 0.339 e. The monoisotopic (exact) mass is 431 g/mol. The van der Waals surface area contributed by atoms with Crippen molar-refractivity contribution in [2.24, 2.45) is 0 Å². The SMILES string of the molecule is COC(=O)c1ccc(C(=O)OC)c(NC(=O)CSc2nc3c(c(=O)[nH]2)CCCC3)c1. The molecule has 1 aromatic heterocycles. The number of H-pyrrole nitrogens is 1. The minimum Gasteiger partial charge on any atom is -0.465 e. The van der Waals surface area contributed by atoms with Crippen molar-refractivity contribution < 1.29 is 23.9 Å². The van der Waals surface area contributed by atoms with Crippen molar-refractivity contribution in [3.63, 3.8) is 0 Å². The number of esters is 2. The first-order valence-electron chi connectivity index (χ1n) is 9.28. The molecule has 0 unspecified atom stereocenters. The number of methoxy groups -OCH3 is 2. The van der Waals surface area contributed by atoms with Crippen LogP contribution in [0.3, 0.4) is 0 Å². The highest BCUT2D eigenvalue weighted by Crippen LogP contribution is 2.22. The first kappa shape index (κ1) is 21.6. The van der Waals surface area contributed by atoms with Crippen LogP contribution in [0, 0.1) is 0 Å². The molecule has 9 nitrogen and oxygen atoms in total. The lowest BCUT2D eigenvalue weighted by molar-refractivity contribution is -0.113. The molecule has 1 aliphatic carbocycles. The lowest BCUT2D eigenvalue weighted by Crippen LogP contribution is -2.22. The van der Waals surface area contributed by atoms with Crippen LogP contribution in [0.15, 0.2) is 28.2 Å². The lowest BCUT2D eigenvalue weighted by Gasteiger charge is -2.14. The molecule has 0 radical (unpaired) electrons. The summed E-state index contributed by atoms with van der Waals surface area (Å²) in [5.74, 6) is -1.75. The number of nitrogens with zero attached hydrogens (tertiary/aromatic N) is 1. The number of anilines is 1. The summed E-state index contributed by atoms with van der Waals surface area (Å²) in [6.07, 6.45) is 3.43. The third-order valence-electron chi connectivity index (χ3n) is 4.63. The Labute approximate surface area is 176 Å². The molecule has 158 valence electrons. The van der Waals surface area contributed by atoms with Crippen molar-refractivity contribution in [3.05, 3.63) is 50.9 Å². The van der Waals surface area contributed by atoms with Crippen LogP contribution in [0.2, 0.25) is 0 Å². The molecule has 1 amide bonds. The predicted molar refractivity (Wildman–Crippen MR) is 110 cm³/mol.